The lowest BCUT2D eigenvalue weighted by Crippen LogP contribution is -2.43. The molecule has 1 atom stereocenters. The molecule has 0 saturated carbocycles. The summed E-state index contributed by atoms with van der Waals surface area (Å²) in [6.45, 7) is 6.61. The van der Waals surface area contributed by atoms with Crippen LogP contribution in [0.3, 0.4) is 0 Å². The molecule has 3 rings (SSSR count). The predicted octanol–water partition coefficient (Wildman–Crippen LogP) is 3.04. The van der Waals surface area contributed by atoms with Gasteiger partial charge in [-0.15, -0.1) is 0 Å². The van der Waals surface area contributed by atoms with Crippen LogP contribution in [0.5, 0.6) is 0 Å². The first-order valence-corrected chi connectivity index (χ1v) is 10.3. The highest BCUT2D eigenvalue weighted by Gasteiger charge is 2.31. The fourth-order valence-electron chi connectivity index (χ4n) is 3.24. The molecule has 25 heavy (non-hydrogen) atoms. The van der Waals surface area contributed by atoms with Crippen molar-refractivity contribution in [2.45, 2.75) is 45.3 Å². The first kappa shape index (κ1) is 18.1. The van der Waals surface area contributed by atoms with Crippen molar-refractivity contribution in [2.75, 3.05) is 13.1 Å². The second-order valence-electron chi connectivity index (χ2n) is 6.99. The van der Waals surface area contributed by atoms with Crippen LogP contribution in [0.25, 0.3) is 11.4 Å². The molecule has 0 radical (unpaired) electrons. The Hall–Kier alpha value is -1.73. The van der Waals surface area contributed by atoms with Crippen LogP contribution in [-0.4, -0.2) is 41.2 Å². The largest absolute Gasteiger partial charge is 0.339 e. The Kier molecular flexibility index (Phi) is 5.24. The third-order valence-corrected chi connectivity index (χ3v) is 7.00. The molecule has 0 spiro atoms. The second-order valence-corrected chi connectivity index (χ2v) is 9.48. The summed E-state index contributed by atoms with van der Waals surface area (Å²) in [5.74, 6) is 1.38. The molecule has 1 aromatic heterocycles. The van der Waals surface area contributed by atoms with Crippen LogP contribution in [0.2, 0.25) is 0 Å². The lowest BCUT2D eigenvalue weighted by molar-refractivity contribution is 0.246. The molecule has 1 aliphatic heterocycles. The number of aromatic nitrogens is 2. The van der Waals surface area contributed by atoms with Gasteiger partial charge in [-0.3, -0.25) is 0 Å². The number of hydrogen-bond donors (Lipinski definition) is 0. The number of nitrogens with zero attached hydrogens (tertiary/aromatic N) is 3. The second kappa shape index (κ2) is 7.25. The molecule has 1 unspecified atom stereocenters. The van der Waals surface area contributed by atoms with E-state index in [1.165, 1.54) is 0 Å². The van der Waals surface area contributed by atoms with Crippen molar-refractivity contribution in [3.8, 4) is 11.4 Å². The summed E-state index contributed by atoms with van der Waals surface area (Å²) in [5.41, 5.74) is 2.06. The number of benzene rings is 1. The van der Waals surface area contributed by atoms with E-state index in [1.807, 2.05) is 31.2 Å². The van der Waals surface area contributed by atoms with E-state index < -0.39 is 10.0 Å². The molecule has 1 aromatic carbocycles. The minimum absolute atomic E-state index is 0.215. The molecular weight excluding hydrogens is 338 g/mol. The summed E-state index contributed by atoms with van der Waals surface area (Å²) in [6.07, 6.45) is 2.46. The fourth-order valence-corrected chi connectivity index (χ4v) is 4.64. The Morgan fingerprint density at radius 1 is 1.32 bits per heavy atom. The molecular formula is C18H25N3O3S. The van der Waals surface area contributed by atoms with Gasteiger partial charge in [0, 0.05) is 25.1 Å². The van der Waals surface area contributed by atoms with Gasteiger partial charge in [-0.2, -0.15) is 4.98 Å². The highest BCUT2D eigenvalue weighted by atomic mass is 32.2. The Morgan fingerprint density at radius 2 is 2.08 bits per heavy atom. The summed E-state index contributed by atoms with van der Waals surface area (Å²) < 4.78 is 31.8. The molecule has 136 valence electrons. The Bertz CT molecular complexity index is 830. The van der Waals surface area contributed by atoms with Crippen molar-refractivity contribution in [2.24, 2.45) is 5.92 Å². The van der Waals surface area contributed by atoms with Crippen LogP contribution in [0.4, 0.5) is 0 Å². The van der Waals surface area contributed by atoms with Crippen molar-refractivity contribution in [3.63, 3.8) is 0 Å². The van der Waals surface area contributed by atoms with Crippen LogP contribution < -0.4 is 0 Å². The third kappa shape index (κ3) is 3.93. The van der Waals surface area contributed by atoms with Crippen LogP contribution in [0, 0.1) is 12.8 Å². The summed E-state index contributed by atoms with van der Waals surface area (Å²) in [5, 5.41) is 3.70. The van der Waals surface area contributed by atoms with Crippen molar-refractivity contribution in [1.29, 1.82) is 0 Å². The number of aryl methyl sites for hydroxylation is 1. The zero-order chi connectivity index (χ0) is 18.0. The quantitative estimate of drug-likeness (QED) is 0.816. The molecule has 7 heteroatoms. The van der Waals surface area contributed by atoms with Crippen molar-refractivity contribution >= 4 is 10.0 Å². The molecule has 0 bridgehead atoms. The topological polar surface area (TPSA) is 76.3 Å². The summed E-state index contributed by atoms with van der Waals surface area (Å²) >= 11 is 0. The molecule has 2 aromatic rings. The number of sulfonamides is 1. The highest BCUT2D eigenvalue weighted by Crippen LogP contribution is 2.25. The normalized spacial score (nSPS) is 19.4. The van der Waals surface area contributed by atoms with Gasteiger partial charge in [-0.25, -0.2) is 12.7 Å². The highest BCUT2D eigenvalue weighted by molar-refractivity contribution is 7.89. The van der Waals surface area contributed by atoms with Gasteiger partial charge in [-0.05, 0) is 45.1 Å². The van der Waals surface area contributed by atoms with Gasteiger partial charge in [0.05, 0.1) is 5.25 Å². The lowest BCUT2D eigenvalue weighted by atomic mass is 9.96. The van der Waals surface area contributed by atoms with E-state index in [0.29, 0.717) is 31.2 Å². The molecule has 6 nitrogen and oxygen atoms in total. The van der Waals surface area contributed by atoms with E-state index in [0.717, 1.165) is 24.0 Å². The Balaban J connectivity index is 1.70. The van der Waals surface area contributed by atoms with E-state index in [2.05, 4.69) is 10.1 Å². The van der Waals surface area contributed by atoms with E-state index in [4.69, 9.17) is 4.52 Å². The van der Waals surface area contributed by atoms with Gasteiger partial charge < -0.3 is 4.52 Å². The van der Waals surface area contributed by atoms with Gasteiger partial charge >= 0.3 is 0 Å². The number of rotatable bonds is 5. The average Bonchev–Trinajstić information content (AvgIpc) is 3.03. The van der Waals surface area contributed by atoms with E-state index >= 15 is 0 Å². The Morgan fingerprint density at radius 3 is 2.80 bits per heavy atom. The molecule has 0 amide bonds. The minimum atomic E-state index is -3.20. The standard InChI is InChI=1S/C18H25N3O3S/c1-13(2)25(22,23)21-10-6-8-15(12-21)11-17-19-18(20-24-17)16-9-5-4-7-14(16)3/h4-5,7,9,13,15H,6,8,10-12H2,1-3H3. The minimum Gasteiger partial charge on any atom is -0.339 e. The summed E-state index contributed by atoms with van der Waals surface area (Å²) in [6, 6.07) is 7.92. The maximum atomic E-state index is 12.4. The Labute approximate surface area is 149 Å². The number of hydrogen-bond acceptors (Lipinski definition) is 5. The van der Waals surface area contributed by atoms with Crippen molar-refractivity contribution < 1.29 is 12.9 Å². The molecule has 1 fully saturated rings. The molecule has 2 heterocycles. The monoisotopic (exact) mass is 363 g/mol. The molecule has 0 aliphatic carbocycles. The third-order valence-electron chi connectivity index (χ3n) is 4.75. The van der Waals surface area contributed by atoms with Crippen LogP contribution in [0.15, 0.2) is 28.8 Å². The van der Waals surface area contributed by atoms with Gasteiger partial charge in [0.1, 0.15) is 0 Å². The maximum absolute atomic E-state index is 12.4. The molecule has 1 aliphatic rings. The van der Waals surface area contributed by atoms with Gasteiger partial charge in [0.2, 0.25) is 21.7 Å². The van der Waals surface area contributed by atoms with Crippen molar-refractivity contribution in [3.05, 3.63) is 35.7 Å². The molecule has 1 saturated heterocycles. The smallest absolute Gasteiger partial charge is 0.227 e. The van der Waals surface area contributed by atoms with Gasteiger partial charge in [0.25, 0.3) is 0 Å². The van der Waals surface area contributed by atoms with E-state index in [-0.39, 0.29) is 11.2 Å². The van der Waals surface area contributed by atoms with Crippen LogP contribution >= 0.6 is 0 Å². The fraction of sp³-hybridized carbons (Fsp3) is 0.556. The first-order valence-electron chi connectivity index (χ1n) is 8.75. The summed E-state index contributed by atoms with van der Waals surface area (Å²) in [4.78, 5) is 4.51. The van der Waals surface area contributed by atoms with Crippen LogP contribution in [0.1, 0.15) is 38.1 Å². The SMILES string of the molecule is Cc1ccccc1-c1noc(CC2CCCN(S(=O)(=O)C(C)C)C2)n1. The average molecular weight is 363 g/mol. The van der Waals surface area contributed by atoms with Crippen LogP contribution in [-0.2, 0) is 16.4 Å². The predicted molar refractivity (Wildman–Crippen MR) is 96.5 cm³/mol. The van der Waals surface area contributed by atoms with E-state index in [9.17, 15) is 8.42 Å². The zero-order valence-corrected chi connectivity index (χ0v) is 15.8. The van der Waals surface area contributed by atoms with E-state index in [1.54, 1.807) is 18.2 Å². The number of piperidine rings is 1. The van der Waals surface area contributed by atoms with Gasteiger partial charge in [-0.1, -0.05) is 29.4 Å². The van der Waals surface area contributed by atoms with Gasteiger partial charge in [0.15, 0.2) is 0 Å². The molecule has 0 N–H and O–H groups in total. The zero-order valence-electron chi connectivity index (χ0n) is 15.0. The van der Waals surface area contributed by atoms with Crippen molar-refractivity contribution in [1.82, 2.24) is 14.4 Å². The summed E-state index contributed by atoms with van der Waals surface area (Å²) in [7, 11) is -3.20. The maximum Gasteiger partial charge on any atom is 0.227 e. The lowest BCUT2D eigenvalue weighted by Gasteiger charge is -2.32. The first-order chi connectivity index (χ1) is 11.9.